The lowest BCUT2D eigenvalue weighted by atomic mass is 10.2. The van der Waals surface area contributed by atoms with Crippen LogP contribution in [0.2, 0.25) is 10.0 Å². The first kappa shape index (κ1) is 12.3. The highest BCUT2D eigenvalue weighted by Crippen LogP contribution is 2.22. The monoisotopic (exact) mass is 266 g/mol. The summed E-state index contributed by atoms with van der Waals surface area (Å²) in [5, 5.41) is 1.33. The number of rotatable bonds is 3. The van der Waals surface area contributed by atoms with Crippen LogP contribution in [0.3, 0.4) is 0 Å². The SMILES string of the molecule is Cc1cccc(OCc2cc(Cl)ccc2Cl)c1. The summed E-state index contributed by atoms with van der Waals surface area (Å²) in [5.74, 6) is 0.834. The third-order valence-corrected chi connectivity index (χ3v) is 3.00. The molecule has 2 aromatic carbocycles. The molecule has 2 aromatic rings. The Kier molecular flexibility index (Phi) is 3.93. The zero-order chi connectivity index (χ0) is 12.3. The molecule has 0 heterocycles. The van der Waals surface area contributed by atoms with E-state index in [2.05, 4.69) is 0 Å². The fourth-order valence-electron chi connectivity index (χ4n) is 1.52. The van der Waals surface area contributed by atoms with E-state index in [0.717, 1.165) is 11.3 Å². The van der Waals surface area contributed by atoms with Crippen LogP contribution < -0.4 is 4.74 Å². The standard InChI is InChI=1S/C14H12Cl2O/c1-10-3-2-4-13(7-10)17-9-11-8-12(15)5-6-14(11)16/h2-8H,9H2,1H3. The first-order chi connectivity index (χ1) is 8.15. The van der Waals surface area contributed by atoms with Crippen molar-refractivity contribution in [2.24, 2.45) is 0 Å². The number of ether oxygens (including phenoxy) is 1. The Bertz CT molecular complexity index is 523. The lowest BCUT2D eigenvalue weighted by molar-refractivity contribution is 0.306. The van der Waals surface area contributed by atoms with Crippen molar-refractivity contribution in [2.45, 2.75) is 13.5 Å². The Morgan fingerprint density at radius 3 is 2.65 bits per heavy atom. The molecular formula is C14H12Cl2O. The first-order valence-corrected chi connectivity index (χ1v) is 6.04. The van der Waals surface area contributed by atoms with E-state index in [4.69, 9.17) is 27.9 Å². The van der Waals surface area contributed by atoms with E-state index in [9.17, 15) is 0 Å². The van der Waals surface area contributed by atoms with Gasteiger partial charge in [0, 0.05) is 15.6 Å². The molecule has 0 aliphatic carbocycles. The highest BCUT2D eigenvalue weighted by atomic mass is 35.5. The van der Waals surface area contributed by atoms with Gasteiger partial charge in [-0.25, -0.2) is 0 Å². The van der Waals surface area contributed by atoms with E-state index < -0.39 is 0 Å². The molecule has 0 amide bonds. The molecule has 0 spiro atoms. The predicted octanol–water partition coefficient (Wildman–Crippen LogP) is 4.88. The van der Waals surface area contributed by atoms with Gasteiger partial charge in [-0.05, 0) is 42.8 Å². The average Bonchev–Trinajstić information content (AvgIpc) is 2.30. The lowest BCUT2D eigenvalue weighted by Gasteiger charge is -2.08. The maximum absolute atomic E-state index is 6.06. The summed E-state index contributed by atoms with van der Waals surface area (Å²) in [6.45, 7) is 2.45. The molecule has 17 heavy (non-hydrogen) atoms. The third kappa shape index (κ3) is 3.39. The lowest BCUT2D eigenvalue weighted by Crippen LogP contribution is -1.96. The van der Waals surface area contributed by atoms with E-state index in [1.165, 1.54) is 5.56 Å². The maximum Gasteiger partial charge on any atom is 0.120 e. The van der Waals surface area contributed by atoms with Crippen molar-refractivity contribution in [3.05, 3.63) is 63.6 Å². The predicted molar refractivity (Wildman–Crippen MR) is 72.0 cm³/mol. The van der Waals surface area contributed by atoms with E-state index in [1.54, 1.807) is 12.1 Å². The quantitative estimate of drug-likeness (QED) is 0.770. The molecular weight excluding hydrogens is 255 g/mol. The second kappa shape index (κ2) is 5.44. The van der Waals surface area contributed by atoms with Crippen LogP contribution in [0.25, 0.3) is 0 Å². The van der Waals surface area contributed by atoms with E-state index in [1.807, 2.05) is 37.3 Å². The van der Waals surface area contributed by atoms with Gasteiger partial charge in [-0.15, -0.1) is 0 Å². The molecule has 0 aliphatic heterocycles. The molecule has 3 heteroatoms. The smallest absolute Gasteiger partial charge is 0.120 e. The van der Waals surface area contributed by atoms with Crippen LogP contribution in [0.4, 0.5) is 0 Å². The van der Waals surface area contributed by atoms with Crippen LogP contribution in [0, 0.1) is 6.92 Å². The minimum atomic E-state index is 0.419. The zero-order valence-corrected chi connectivity index (χ0v) is 10.9. The van der Waals surface area contributed by atoms with Crippen molar-refractivity contribution in [1.82, 2.24) is 0 Å². The molecule has 88 valence electrons. The number of benzene rings is 2. The summed E-state index contributed by atoms with van der Waals surface area (Å²) < 4.78 is 5.67. The van der Waals surface area contributed by atoms with Gasteiger partial charge in [-0.1, -0.05) is 35.3 Å². The highest BCUT2D eigenvalue weighted by molar-refractivity contribution is 6.33. The first-order valence-electron chi connectivity index (χ1n) is 5.28. The van der Waals surface area contributed by atoms with Gasteiger partial charge in [0.2, 0.25) is 0 Å². The van der Waals surface area contributed by atoms with Crippen LogP contribution >= 0.6 is 23.2 Å². The molecule has 2 rings (SSSR count). The normalized spacial score (nSPS) is 10.3. The van der Waals surface area contributed by atoms with Crippen molar-refractivity contribution in [3.8, 4) is 5.75 Å². The molecule has 0 fully saturated rings. The van der Waals surface area contributed by atoms with Crippen molar-refractivity contribution < 1.29 is 4.74 Å². The Balaban J connectivity index is 2.09. The topological polar surface area (TPSA) is 9.23 Å². The van der Waals surface area contributed by atoms with E-state index >= 15 is 0 Å². The molecule has 0 atom stereocenters. The van der Waals surface area contributed by atoms with Gasteiger partial charge in [-0.2, -0.15) is 0 Å². The van der Waals surface area contributed by atoms with E-state index in [-0.39, 0.29) is 0 Å². The summed E-state index contributed by atoms with van der Waals surface area (Å²) in [4.78, 5) is 0. The number of hydrogen-bond donors (Lipinski definition) is 0. The molecule has 0 aliphatic rings. The summed E-state index contributed by atoms with van der Waals surface area (Å²) in [6, 6.07) is 13.3. The second-order valence-electron chi connectivity index (χ2n) is 3.84. The van der Waals surface area contributed by atoms with Gasteiger partial charge in [0.15, 0.2) is 0 Å². The maximum atomic E-state index is 6.06. The van der Waals surface area contributed by atoms with E-state index in [0.29, 0.717) is 16.7 Å². The zero-order valence-electron chi connectivity index (χ0n) is 9.41. The largest absolute Gasteiger partial charge is 0.489 e. The highest BCUT2D eigenvalue weighted by Gasteiger charge is 2.02. The fraction of sp³-hybridized carbons (Fsp3) is 0.143. The van der Waals surface area contributed by atoms with Crippen LogP contribution in [0.5, 0.6) is 5.75 Å². The Morgan fingerprint density at radius 2 is 1.88 bits per heavy atom. The molecule has 0 aromatic heterocycles. The fourth-order valence-corrected chi connectivity index (χ4v) is 1.89. The van der Waals surface area contributed by atoms with Gasteiger partial charge in [0.05, 0.1) is 0 Å². The minimum absolute atomic E-state index is 0.419. The summed E-state index contributed by atoms with van der Waals surface area (Å²) in [6.07, 6.45) is 0. The Labute approximate surface area is 111 Å². The van der Waals surface area contributed by atoms with Crippen LogP contribution in [0.1, 0.15) is 11.1 Å². The third-order valence-electron chi connectivity index (χ3n) is 2.39. The van der Waals surface area contributed by atoms with Crippen LogP contribution in [-0.2, 0) is 6.61 Å². The average molecular weight is 267 g/mol. The Hall–Kier alpha value is -1.18. The van der Waals surface area contributed by atoms with Gasteiger partial charge >= 0.3 is 0 Å². The number of hydrogen-bond acceptors (Lipinski definition) is 1. The van der Waals surface area contributed by atoms with Crippen molar-refractivity contribution >= 4 is 23.2 Å². The van der Waals surface area contributed by atoms with Crippen molar-refractivity contribution in [1.29, 1.82) is 0 Å². The molecule has 0 radical (unpaired) electrons. The molecule has 0 bridgehead atoms. The van der Waals surface area contributed by atoms with Gasteiger partial charge in [0.25, 0.3) is 0 Å². The van der Waals surface area contributed by atoms with Gasteiger partial charge in [-0.3, -0.25) is 0 Å². The van der Waals surface area contributed by atoms with Crippen molar-refractivity contribution in [3.63, 3.8) is 0 Å². The Morgan fingerprint density at radius 1 is 1.06 bits per heavy atom. The van der Waals surface area contributed by atoms with Crippen LogP contribution in [-0.4, -0.2) is 0 Å². The molecule has 0 unspecified atom stereocenters. The summed E-state index contributed by atoms with van der Waals surface area (Å²) >= 11 is 12.0. The molecule has 0 saturated carbocycles. The number of halogens is 2. The van der Waals surface area contributed by atoms with Crippen molar-refractivity contribution in [2.75, 3.05) is 0 Å². The molecule has 1 nitrogen and oxygen atoms in total. The minimum Gasteiger partial charge on any atom is -0.489 e. The number of aryl methyl sites for hydroxylation is 1. The summed E-state index contributed by atoms with van der Waals surface area (Å²) in [5.41, 5.74) is 2.06. The van der Waals surface area contributed by atoms with Crippen LogP contribution in [0.15, 0.2) is 42.5 Å². The molecule has 0 saturated heterocycles. The van der Waals surface area contributed by atoms with Gasteiger partial charge in [0.1, 0.15) is 12.4 Å². The molecule has 0 N–H and O–H groups in total. The second-order valence-corrected chi connectivity index (χ2v) is 4.68. The van der Waals surface area contributed by atoms with Gasteiger partial charge < -0.3 is 4.74 Å². The summed E-state index contributed by atoms with van der Waals surface area (Å²) in [7, 11) is 0.